The first-order valence-corrected chi connectivity index (χ1v) is 11.9. The molecular formula is C20H17ClF3N3O6S2. The van der Waals surface area contributed by atoms with Crippen LogP contribution in [-0.4, -0.2) is 48.8 Å². The summed E-state index contributed by atoms with van der Waals surface area (Å²) in [6.07, 6.45) is -3.80. The van der Waals surface area contributed by atoms with Crippen molar-refractivity contribution in [2.75, 3.05) is 16.7 Å². The summed E-state index contributed by atoms with van der Waals surface area (Å²) in [5.41, 5.74) is 0.934. The van der Waals surface area contributed by atoms with Crippen LogP contribution in [0.3, 0.4) is 0 Å². The Morgan fingerprint density at radius 2 is 1.74 bits per heavy atom. The summed E-state index contributed by atoms with van der Waals surface area (Å²) in [6, 6.07) is 13.6. The number of benzene rings is 1. The first-order chi connectivity index (χ1) is 16.2. The van der Waals surface area contributed by atoms with Gasteiger partial charge in [0.2, 0.25) is 0 Å². The number of hydrogen-bond acceptors (Lipinski definition) is 7. The maximum atomic E-state index is 12.4. The Kier molecular flexibility index (Phi) is 9.06. The van der Waals surface area contributed by atoms with Crippen LogP contribution < -0.4 is 9.62 Å². The number of anilines is 2. The number of rotatable bonds is 7. The maximum absolute atomic E-state index is 12.4. The molecular weight excluding hydrogens is 535 g/mol. The predicted molar refractivity (Wildman–Crippen MR) is 124 cm³/mol. The molecule has 3 rings (SSSR count). The molecule has 9 nitrogen and oxygen atoms in total. The lowest BCUT2D eigenvalue weighted by Gasteiger charge is -2.20. The number of aromatic nitrogens is 1. The molecule has 1 aromatic carbocycles. The Balaban J connectivity index is 0.000000540. The summed E-state index contributed by atoms with van der Waals surface area (Å²) in [7, 11) is -2.16. The van der Waals surface area contributed by atoms with Crippen LogP contribution in [0.4, 0.5) is 24.7 Å². The first-order valence-electron chi connectivity index (χ1n) is 9.27. The molecule has 0 radical (unpaired) electrons. The third kappa shape index (κ3) is 8.12. The molecule has 0 aliphatic heterocycles. The minimum atomic E-state index is -5.08. The van der Waals surface area contributed by atoms with Crippen molar-refractivity contribution in [3.05, 3.63) is 70.2 Å². The molecule has 0 atom stereocenters. The fraction of sp³-hybridized carbons (Fsp3) is 0.150. The number of halogens is 4. The molecule has 0 saturated heterocycles. The molecule has 0 saturated carbocycles. The first kappa shape index (κ1) is 27.9. The van der Waals surface area contributed by atoms with Crippen LogP contribution in [0, 0.1) is 0 Å². The standard InChI is InChI=1S/C18H16ClN3O4S2.C2HF3O2/c1-22(11-12-5-3-2-4-6-12)17-14(18(23)24)9-13(10-20-17)21-28(25,26)16-8-7-15(19)27-16;3-2(4,5)1(6)7/h2-10,21H,11H2,1H3,(H,23,24);(H,6,7). The fourth-order valence-corrected chi connectivity index (χ4v) is 5.07. The van der Waals surface area contributed by atoms with E-state index >= 15 is 0 Å². The molecule has 0 aliphatic rings. The van der Waals surface area contributed by atoms with E-state index in [-0.39, 0.29) is 21.3 Å². The van der Waals surface area contributed by atoms with Gasteiger partial charge in [-0.15, -0.1) is 11.3 Å². The second-order valence-electron chi connectivity index (χ2n) is 6.71. The van der Waals surface area contributed by atoms with Gasteiger partial charge in [0.05, 0.1) is 16.2 Å². The number of carbonyl (C=O) groups is 2. The molecule has 2 aromatic heterocycles. The van der Waals surface area contributed by atoms with Crippen molar-refractivity contribution >= 4 is 56.4 Å². The highest BCUT2D eigenvalue weighted by Crippen LogP contribution is 2.28. The van der Waals surface area contributed by atoms with Crippen LogP contribution >= 0.6 is 22.9 Å². The van der Waals surface area contributed by atoms with Gasteiger partial charge in [-0.05, 0) is 23.8 Å². The summed E-state index contributed by atoms with van der Waals surface area (Å²) in [5.74, 6) is -3.73. The molecule has 0 aliphatic carbocycles. The number of thiophene rings is 1. The van der Waals surface area contributed by atoms with Crippen molar-refractivity contribution in [2.24, 2.45) is 0 Å². The Bertz CT molecular complexity index is 1300. The van der Waals surface area contributed by atoms with E-state index < -0.39 is 28.1 Å². The molecule has 35 heavy (non-hydrogen) atoms. The third-order valence-corrected chi connectivity index (χ3v) is 7.13. The van der Waals surface area contributed by atoms with Gasteiger partial charge >= 0.3 is 18.1 Å². The van der Waals surface area contributed by atoms with E-state index in [1.54, 1.807) is 11.9 Å². The highest BCUT2D eigenvalue weighted by Gasteiger charge is 2.38. The van der Waals surface area contributed by atoms with E-state index in [9.17, 15) is 31.5 Å². The normalized spacial score (nSPS) is 11.2. The Morgan fingerprint density at radius 1 is 1.14 bits per heavy atom. The van der Waals surface area contributed by atoms with Crippen molar-refractivity contribution in [1.82, 2.24) is 4.98 Å². The Labute approximate surface area is 206 Å². The summed E-state index contributed by atoms with van der Waals surface area (Å²) in [5, 5.41) is 16.7. The number of alkyl halides is 3. The average molecular weight is 552 g/mol. The molecule has 188 valence electrons. The molecule has 0 bridgehead atoms. The van der Waals surface area contributed by atoms with Crippen molar-refractivity contribution in [2.45, 2.75) is 16.9 Å². The second-order valence-corrected chi connectivity index (χ2v) is 10.3. The van der Waals surface area contributed by atoms with Gasteiger partial charge in [0, 0.05) is 13.6 Å². The number of carboxylic acid groups (broad SMARTS) is 2. The lowest BCUT2D eigenvalue weighted by Crippen LogP contribution is -2.21. The summed E-state index contributed by atoms with van der Waals surface area (Å²) < 4.78 is 59.3. The van der Waals surface area contributed by atoms with Crippen molar-refractivity contribution in [1.29, 1.82) is 0 Å². The molecule has 2 heterocycles. The smallest absolute Gasteiger partial charge is 0.478 e. The quantitative estimate of drug-likeness (QED) is 0.388. The fourth-order valence-electron chi connectivity index (χ4n) is 2.55. The van der Waals surface area contributed by atoms with E-state index in [2.05, 4.69) is 9.71 Å². The number of sulfonamides is 1. The topological polar surface area (TPSA) is 137 Å². The SMILES string of the molecule is CN(Cc1ccccc1)c1ncc(NS(=O)(=O)c2ccc(Cl)s2)cc1C(=O)O.O=C(O)C(F)(F)F. The van der Waals surface area contributed by atoms with Gasteiger partial charge in [0.15, 0.2) is 0 Å². The lowest BCUT2D eigenvalue weighted by molar-refractivity contribution is -0.192. The van der Waals surface area contributed by atoms with Gasteiger partial charge in [-0.1, -0.05) is 41.9 Å². The lowest BCUT2D eigenvalue weighted by atomic mass is 10.2. The number of nitrogens with one attached hydrogen (secondary N) is 1. The van der Waals surface area contributed by atoms with Gasteiger partial charge in [0.25, 0.3) is 10.0 Å². The van der Waals surface area contributed by atoms with Gasteiger partial charge in [-0.25, -0.2) is 23.0 Å². The highest BCUT2D eigenvalue weighted by atomic mass is 35.5. The Hall–Kier alpha value is -3.36. The van der Waals surface area contributed by atoms with Crippen LogP contribution in [0.1, 0.15) is 15.9 Å². The third-order valence-electron chi connectivity index (χ3n) is 4.03. The monoisotopic (exact) mass is 551 g/mol. The van der Waals surface area contributed by atoms with Gasteiger partial charge in [0.1, 0.15) is 15.6 Å². The largest absolute Gasteiger partial charge is 0.490 e. The maximum Gasteiger partial charge on any atom is 0.490 e. The summed E-state index contributed by atoms with van der Waals surface area (Å²) in [6.45, 7) is 0.451. The zero-order valence-corrected chi connectivity index (χ0v) is 20.0. The van der Waals surface area contributed by atoms with Crippen molar-refractivity contribution in [3.63, 3.8) is 0 Å². The minimum Gasteiger partial charge on any atom is -0.478 e. The zero-order chi connectivity index (χ0) is 26.4. The van der Waals surface area contributed by atoms with Crippen LogP contribution in [0.5, 0.6) is 0 Å². The Morgan fingerprint density at radius 3 is 2.23 bits per heavy atom. The number of pyridine rings is 1. The van der Waals surface area contributed by atoms with Crippen LogP contribution in [-0.2, 0) is 21.4 Å². The van der Waals surface area contributed by atoms with E-state index in [1.807, 2.05) is 30.3 Å². The average Bonchev–Trinajstić information content (AvgIpc) is 3.21. The minimum absolute atomic E-state index is 0.0275. The van der Waals surface area contributed by atoms with E-state index in [4.69, 9.17) is 21.5 Å². The summed E-state index contributed by atoms with van der Waals surface area (Å²) >= 11 is 6.69. The summed E-state index contributed by atoms with van der Waals surface area (Å²) in [4.78, 5) is 26.5. The van der Waals surface area contributed by atoms with Crippen molar-refractivity contribution < 1.29 is 41.4 Å². The van der Waals surface area contributed by atoms with Crippen LogP contribution in [0.25, 0.3) is 0 Å². The molecule has 0 amide bonds. The van der Waals surface area contributed by atoms with E-state index in [1.165, 1.54) is 24.4 Å². The van der Waals surface area contributed by atoms with E-state index in [0.717, 1.165) is 16.9 Å². The number of nitrogens with zero attached hydrogens (tertiary/aromatic N) is 2. The second kappa shape index (κ2) is 11.4. The highest BCUT2D eigenvalue weighted by molar-refractivity contribution is 7.94. The number of carboxylic acids is 2. The zero-order valence-electron chi connectivity index (χ0n) is 17.7. The number of aromatic carboxylic acids is 1. The van der Waals surface area contributed by atoms with Crippen molar-refractivity contribution in [3.8, 4) is 0 Å². The number of hydrogen-bond donors (Lipinski definition) is 3. The van der Waals surface area contributed by atoms with Gasteiger partial charge in [-0.3, -0.25) is 4.72 Å². The number of aliphatic carboxylic acids is 1. The van der Waals surface area contributed by atoms with Crippen LogP contribution in [0.15, 0.2) is 58.9 Å². The van der Waals surface area contributed by atoms with Crippen LogP contribution in [0.2, 0.25) is 4.34 Å². The van der Waals surface area contributed by atoms with E-state index in [0.29, 0.717) is 10.9 Å². The van der Waals surface area contributed by atoms with Gasteiger partial charge in [-0.2, -0.15) is 13.2 Å². The molecule has 0 fully saturated rings. The molecule has 3 aromatic rings. The van der Waals surface area contributed by atoms with Gasteiger partial charge < -0.3 is 15.1 Å². The molecule has 3 N–H and O–H groups in total. The molecule has 0 unspecified atom stereocenters. The predicted octanol–water partition coefficient (Wildman–Crippen LogP) is 4.57. The molecule has 0 spiro atoms. The molecule has 15 heteroatoms.